The van der Waals surface area contributed by atoms with Gasteiger partial charge in [-0.25, -0.2) is 4.68 Å². The Morgan fingerprint density at radius 2 is 1.95 bits per heavy atom. The van der Waals surface area contributed by atoms with Crippen LogP contribution in [0.5, 0.6) is 0 Å². The summed E-state index contributed by atoms with van der Waals surface area (Å²) < 4.78 is 7.83. The number of hydrogen-bond acceptors (Lipinski definition) is 2. The van der Waals surface area contributed by atoms with E-state index in [0.717, 1.165) is 19.4 Å². The van der Waals surface area contributed by atoms with Gasteiger partial charge in [-0.1, -0.05) is 51.2 Å². The third kappa shape index (κ3) is 3.93. The van der Waals surface area contributed by atoms with E-state index in [9.17, 15) is 0 Å². The van der Waals surface area contributed by atoms with Gasteiger partial charge in [0.25, 0.3) is 0 Å². The topological polar surface area (TPSA) is 27.1 Å². The fraction of sp³-hybridized carbons (Fsp3) is 0.562. The molecule has 0 radical (unpaired) electrons. The van der Waals surface area contributed by atoms with Crippen molar-refractivity contribution in [2.24, 2.45) is 0 Å². The van der Waals surface area contributed by atoms with E-state index in [1.165, 1.54) is 22.6 Å². The van der Waals surface area contributed by atoms with Crippen LogP contribution in [0.4, 0.5) is 0 Å². The average Bonchev–Trinajstić information content (AvgIpc) is 2.73. The lowest BCUT2D eigenvalue weighted by Crippen LogP contribution is -2.22. The van der Waals surface area contributed by atoms with Crippen LogP contribution in [-0.4, -0.2) is 24.5 Å². The molecule has 1 aromatic carbocycles. The monoisotopic (exact) mass is 290 g/mol. The van der Waals surface area contributed by atoms with E-state index in [0.29, 0.717) is 6.73 Å². The molecule has 0 bridgehead atoms. The molecule has 0 aliphatic rings. The minimum absolute atomic E-state index is 0.564. The van der Waals surface area contributed by atoms with Gasteiger partial charge in [-0.3, -0.25) is 0 Å². The van der Waals surface area contributed by atoms with Crippen molar-refractivity contribution in [2.75, 3.05) is 6.61 Å². The molecule has 0 aliphatic heterocycles. The highest BCUT2D eigenvalue weighted by Gasteiger charge is 2.13. The molecule has 0 spiro atoms. The minimum Gasteiger partial charge on any atom is -0.360 e. The number of hydrogen-bond donors (Lipinski definition) is 0. The number of benzene rings is 1. The molecular weight excluding hydrogens is 264 g/mol. The summed E-state index contributed by atoms with van der Waals surface area (Å²) in [6.45, 7) is 10.7. The van der Waals surface area contributed by atoms with Crippen LogP contribution in [0.25, 0.3) is 10.9 Å². The molecule has 1 heterocycles. The van der Waals surface area contributed by atoms with Crippen molar-refractivity contribution in [3.63, 3.8) is 0 Å². The van der Waals surface area contributed by atoms with Gasteiger partial charge in [0.2, 0.25) is 0 Å². The van der Waals surface area contributed by atoms with Crippen molar-refractivity contribution in [3.8, 4) is 0 Å². The Balaban J connectivity index is 2.06. The van der Waals surface area contributed by atoms with Crippen LogP contribution in [0.1, 0.15) is 19.0 Å². The molecule has 110 valence electrons. The summed E-state index contributed by atoms with van der Waals surface area (Å²) in [5.74, 6) is 0. The first-order valence-corrected chi connectivity index (χ1v) is 11.2. The highest BCUT2D eigenvalue weighted by Crippen LogP contribution is 2.19. The number of aryl methyl sites for hydroxylation is 1. The second-order valence-corrected chi connectivity index (χ2v) is 12.2. The molecule has 2 aromatic rings. The van der Waals surface area contributed by atoms with Gasteiger partial charge in [0.1, 0.15) is 6.73 Å². The van der Waals surface area contributed by atoms with E-state index in [1.807, 2.05) is 4.68 Å². The second kappa shape index (κ2) is 6.55. The SMILES string of the molecule is CCCc1nn(COCC[Si](C)(C)C)c2ccccc12. The molecule has 0 unspecified atom stereocenters. The summed E-state index contributed by atoms with van der Waals surface area (Å²) in [5.41, 5.74) is 2.38. The van der Waals surface area contributed by atoms with Crippen LogP contribution in [-0.2, 0) is 17.9 Å². The maximum atomic E-state index is 5.83. The van der Waals surface area contributed by atoms with Gasteiger partial charge in [0.05, 0.1) is 11.2 Å². The fourth-order valence-corrected chi connectivity index (χ4v) is 3.00. The van der Waals surface area contributed by atoms with E-state index in [1.54, 1.807) is 0 Å². The number of nitrogens with zero attached hydrogens (tertiary/aromatic N) is 2. The Labute approximate surface area is 122 Å². The van der Waals surface area contributed by atoms with Gasteiger partial charge in [-0.05, 0) is 18.5 Å². The second-order valence-electron chi connectivity index (χ2n) is 6.56. The summed E-state index contributed by atoms with van der Waals surface area (Å²) in [6, 6.07) is 9.64. The number of fused-ring (bicyclic) bond motifs is 1. The van der Waals surface area contributed by atoms with Gasteiger partial charge in [0.15, 0.2) is 0 Å². The fourth-order valence-electron chi connectivity index (χ4n) is 2.25. The number of aromatic nitrogens is 2. The smallest absolute Gasteiger partial charge is 0.140 e. The van der Waals surface area contributed by atoms with E-state index < -0.39 is 8.07 Å². The molecule has 0 atom stereocenters. The third-order valence-corrected chi connectivity index (χ3v) is 5.14. The normalized spacial score (nSPS) is 12.2. The first kappa shape index (κ1) is 15.3. The Bertz CT molecular complexity index is 557. The molecule has 0 aliphatic carbocycles. The molecule has 0 fully saturated rings. The van der Waals surface area contributed by atoms with Gasteiger partial charge in [-0.15, -0.1) is 0 Å². The highest BCUT2D eigenvalue weighted by molar-refractivity contribution is 6.76. The highest BCUT2D eigenvalue weighted by atomic mass is 28.3. The molecule has 1 aromatic heterocycles. The zero-order valence-electron chi connectivity index (χ0n) is 13.1. The van der Waals surface area contributed by atoms with Crippen molar-refractivity contribution < 1.29 is 4.74 Å². The summed E-state index contributed by atoms with van der Waals surface area (Å²) >= 11 is 0. The van der Waals surface area contributed by atoms with Crippen molar-refractivity contribution in [1.82, 2.24) is 9.78 Å². The lowest BCUT2D eigenvalue weighted by Gasteiger charge is -2.15. The van der Waals surface area contributed by atoms with Crippen LogP contribution in [0.3, 0.4) is 0 Å². The van der Waals surface area contributed by atoms with Crippen molar-refractivity contribution in [1.29, 1.82) is 0 Å². The zero-order chi connectivity index (χ0) is 14.6. The summed E-state index contributed by atoms with van der Waals surface area (Å²) in [4.78, 5) is 0. The van der Waals surface area contributed by atoms with Crippen molar-refractivity contribution in [3.05, 3.63) is 30.0 Å². The maximum absolute atomic E-state index is 5.83. The summed E-state index contributed by atoms with van der Waals surface area (Å²) in [5, 5.41) is 5.98. The average molecular weight is 290 g/mol. The predicted molar refractivity (Wildman–Crippen MR) is 87.8 cm³/mol. The molecule has 3 nitrogen and oxygen atoms in total. The minimum atomic E-state index is -1.01. The van der Waals surface area contributed by atoms with E-state index >= 15 is 0 Å². The largest absolute Gasteiger partial charge is 0.360 e. The Morgan fingerprint density at radius 1 is 1.20 bits per heavy atom. The maximum Gasteiger partial charge on any atom is 0.140 e. The number of para-hydroxylation sites is 1. The molecular formula is C16H26N2OSi. The van der Waals surface area contributed by atoms with Crippen LogP contribution < -0.4 is 0 Å². The molecule has 20 heavy (non-hydrogen) atoms. The Hall–Kier alpha value is -1.13. The standard InChI is InChI=1S/C16H26N2OSi/c1-5-8-15-14-9-6-7-10-16(14)18(17-15)13-19-11-12-20(2,3)4/h6-7,9-10H,5,8,11-13H2,1-4H3. The Kier molecular flexibility index (Phi) is 4.99. The predicted octanol–water partition coefficient (Wildman–Crippen LogP) is 4.30. The molecule has 0 saturated carbocycles. The van der Waals surface area contributed by atoms with Crippen molar-refractivity contribution >= 4 is 19.0 Å². The number of ether oxygens (including phenoxy) is 1. The van der Waals surface area contributed by atoms with E-state index in [-0.39, 0.29) is 0 Å². The quantitative estimate of drug-likeness (QED) is 0.561. The molecule has 0 N–H and O–H groups in total. The molecule has 4 heteroatoms. The van der Waals surface area contributed by atoms with Crippen LogP contribution in [0.2, 0.25) is 25.7 Å². The third-order valence-electron chi connectivity index (χ3n) is 3.43. The molecule has 0 amide bonds. The van der Waals surface area contributed by atoms with Crippen LogP contribution in [0, 0.1) is 0 Å². The van der Waals surface area contributed by atoms with Crippen LogP contribution >= 0.6 is 0 Å². The zero-order valence-corrected chi connectivity index (χ0v) is 14.1. The van der Waals surface area contributed by atoms with Crippen LogP contribution in [0.15, 0.2) is 24.3 Å². The molecule has 2 rings (SSSR count). The van der Waals surface area contributed by atoms with Gasteiger partial charge in [0, 0.05) is 20.1 Å². The molecule has 0 saturated heterocycles. The first-order chi connectivity index (χ1) is 9.51. The lowest BCUT2D eigenvalue weighted by atomic mass is 10.1. The van der Waals surface area contributed by atoms with Gasteiger partial charge < -0.3 is 4.74 Å². The van der Waals surface area contributed by atoms with E-state index in [2.05, 4.69) is 50.8 Å². The first-order valence-electron chi connectivity index (χ1n) is 7.53. The van der Waals surface area contributed by atoms with Gasteiger partial charge in [-0.2, -0.15) is 5.10 Å². The van der Waals surface area contributed by atoms with Gasteiger partial charge >= 0.3 is 0 Å². The van der Waals surface area contributed by atoms with E-state index in [4.69, 9.17) is 9.84 Å². The summed E-state index contributed by atoms with van der Waals surface area (Å²) in [6.07, 6.45) is 2.15. The Morgan fingerprint density at radius 3 is 2.65 bits per heavy atom. The number of rotatable bonds is 7. The lowest BCUT2D eigenvalue weighted by molar-refractivity contribution is 0.0814. The summed E-state index contributed by atoms with van der Waals surface area (Å²) in [7, 11) is -1.01. The van der Waals surface area contributed by atoms with Crippen molar-refractivity contribution in [2.45, 2.75) is 52.2 Å².